The van der Waals surface area contributed by atoms with Crippen LogP contribution in [0.2, 0.25) is 5.02 Å². The molecule has 3 aromatic rings. The van der Waals surface area contributed by atoms with E-state index in [1.54, 1.807) is 12.1 Å². The number of aliphatic hydroxyl groups excluding tert-OH is 1. The van der Waals surface area contributed by atoms with Gasteiger partial charge in [-0.2, -0.15) is 26.3 Å². The Morgan fingerprint density at radius 2 is 1.65 bits per heavy atom. The van der Waals surface area contributed by atoms with Gasteiger partial charge in [-0.3, -0.25) is 4.79 Å². The highest BCUT2D eigenvalue weighted by Crippen LogP contribution is 2.42. The van der Waals surface area contributed by atoms with Gasteiger partial charge in [-0.25, -0.2) is 4.99 Å². The third-order valence-electron chi connectivity index (χ3n) is 5.55. The van der Waals surface area contributed by atoms with Crippen molar-refractivity contribution in [1.29, 1.82) is 0 Å². The molecule has 0 aliphatic carbocycles. The van der Waals surface area contributed by atoms with Crippen molar-refractivity contribution in [1.82, 2.24) is 0 Å². The molecular formula is C27H18ClF6N3O3. The summed E-state index contributed by atoms with van der Waals surface area (Å²) in [4.78, 5) is 17.0. The zero-order valence-corrected chi connectivity index (χ0v) is 20.8. The van der Waals surface area contributed by atoms with E-state index in [1.807, 2.05) is 0 Å². The number of aliphatic hydroxyl groups is 1. The zero-order chi connectivity index (χ0) is 29.2. The molecule has 4 N–H and O–H groups in total. The van der Waals surface area contributed by atoms with Crippen LogP contribution in [0.3, 0.4) is 0 Å². The summed E-state index contributed by atoms with van der Waals surface area (Å²) in [6.07, 6.45) is -10.2. The number of hydrogen-bond acceptors (Lipinski definition) is 5. The summed E-state index contributed by atoms with van der Waals surface area (Å²) in [6, 6.07) is 15.0. The molecule has 1 heterocycles. The number of aliphatic imine (C=N–C) groups is 1. The minimum atomic E-state index is -4.81. The predicted molar refractivity (Wildman–Crippen MR) is 137 cm³/mol. The lowest BCUT2D eigenvalue weighted by molar-refractivity contribution is -0.0925. The van der Waals surface area contributed by atoms with E-state index in [9.17, 15) is 36.2 Å². The minimum absolute atomic E-state index is 0.0724. The number of halogens is 7. The predicted octanol–water partition coefficient (Wildman–Crippen LogP) is 6.77. The number of ether oxygens (including phenoxy) is 1. The van der Waals surface area contributed by atoms with Crippen molar-refractivity contribution in [3.05, 3.63) is 106 Å². The van der Waals surface area contributed by atoms with Crippen molar-refractivity contribution in [2.75, 3.05) is 5.32 Å². The van der Waals surface area contributed by atoms with Crippen molar-refractivity contribution >= 4 is 40.2 Å². The lowest BCUT2D eigenvalue weighted by Gasteiger charge is -2.24. The number of hydrogen-bond donors (Lipinski definition) is 3. The number of nitrogens with zero attached hydrogens (tertiary/aromatic N) is 1. The molecule has 1 aliphatic rings. The first-order chi connectivity index (χ1) is 18.7. The van der Waals surface area contributed by atoms with Gasteiger partial charge in [0.1, 0.15) is 11.4 Å². The van der Waals surface area contributed by atoms with Crippen LogP contribution in [0.4, 0.5) is 37.7 Å². The maximum atomic E-state index is 13.3. The number of rotatable bonds is 5. The van der Waals surface area contributed by atoms with Gasteiger partial charge >= 0.3 is 12.4 Å². The van der Waals surface area contributed by atoms with Gasteiger partial charge in [0, 0.05) is 28.4 Å². The molecule has 1 unspecified atom stereocenters. The number of nitrogens with one attached hydrogen (secondary N) is 1. The van der Waals surface area contributed by atoms with Crippen LogP contribution < -0.4 is 15.8 Å². The highest BCUT2D eigenvalue weighted by molar-refractivity contribution is 6.33. The van der Waals surface area contributed by atoms with Crippen LogP contribution in [0.15, 0.2) is 89.6 Å². The van der Waals surface area contributed by atoms with Gasteiger partial charge in [-0.15, -0.1) is 0 Å². The fraction of sp³-hybridized carbons (Fsp3) is 0.111. The number of allylic oxidation sites excluding steroid dienone is 3. The maximum Gasteiger partial charge on any atom is 0.430 e. The number of alkyl halides is 6. The van der Waals surface area contributed by atoms with Gasteiger partial charge in [0.2, 0.25) is 6.29 Å². The van der Waals surface area contributed by atoms with Crippen LogP contribution in [0.5, 0.6) is 5.75 Å². The highest BCUT2D eigenvalue weighted by Gasteiger charge is 2.39. The van der Waals surface area contributed by atoms with Gasteiger partial charge in [-0.1, -0.05) is 35.9 Å². The Kier molecular flexibility index (Phi) is 7.94. The summed E-state index contributed by atoms with van der Waals surface area (Å²) in [5.41, 5.74) is 2.76. The van der Waals surface area contributed by atoms with E-state index in [-0.39, 0.29) is 44.5 Å². The Labute approximate surface area is 228 Å². The van der Waals surface area contributed by atoms with Gasteiger partial charge in [0.15, 0.2) is 0 Å². The maximum absolute atomic E-state index is 13.3. The number of para-hydroxylation sites is 1. The lowest BCUT2D eigenvalue weighted by Crippen LogP contribution is -2.23. The number of amides is 1. The second-order valence-corrected chi connectivity index (χ2v) is 8.78. The summed E-state index contributed by atoms with van der Waals surface area (Å²) >= 11 is 6.09. The fourth-order valence-corrected chi connectivity index (χ4v) is 3.82. The molecule has 0 radical (unpaired) electrons. The third kappa shape index (κ3) is 6.64. The van der Waals surface area contributed by atoms with Crippen LogP contribution >= 0.6 is 11.6 Å². The second kappa shape index (κ2) is 11.1. The average molecular weight is 582 g/mol. The molecule has 3 aromatic carbocycles. The number of carbonyl (C=O) groups excluding carboxylic acids is 1. The van der Waals surface area contributed by atoms with Crippen LogP contribution in [0.25, 0.3) is 5.57 Å². The first-order valence-electron chi connectivity index (χ1n) is 11.3. The molecule has 0 spiro atoms. The van der Waals surface area contributed by atoms with Crippen molar-refractivity contribution in [3.8, 4) is 5.75 Å². The van der Waals surface area contributed by atoms with Crippen LogP contribution in [0.1, 0.15) is 21.5 Å². The van der Waals surface area contributed by atoms with E-state index in [0.29, 0.717) is 12.2 Å². The summed E-state index contributed by atoms with van der Waals surface area (Å²) in [6.45, 7) is 0. The molecule has 0 saturated heterocycles. The minimum Gasteiger partial charge on any atom is -0.461 e. The Morgan fingerprint density at radius 1 is 1.00 bits per heavy atom. The SMILES string of the molecule is NC(=CC(=Nc1ccccc1Cl)c1ccc(C(=O)Nc2ccc3c(c2)OC(O)C=C3C(F)(F)F)cc1)C(F)(F)F. The Hall–Kier alpha value is -4.29. The number of nitrogens with two attached hydrogens (primary N) is 1. The Bertz CT molecular complexity index is 1530. The summed E-state index contributed by atoms with van der Waals surface area (Å²) < 4.78 is 84.3. The van der Waals surface area contributed by atoms with E-state index in [2.05, 4.69) is 10.3 Å². The van der Waals surface area contributed by atoms with Gasteiger partial charge in [0.25, 0.3) is 5.91 Å². The van der Waals surface area contributed by atoms with E-state index in [1.165, 1.54) is 42.5 Å². The van der Waals surface area contributed by atoms with Crippen molar-refractivity contribution in [2.24, 2.45) is 10.7 Å². The molecule has 0 aromatic heterocycles. The Morgan fingerprint density at radius 3 is 2.27 bits per heavy atom. The normalized spacial score (nSPS) is 16.1. The fourth-order valence-electron chi connectivity index (χ4n) is 3.64. The molecule has 0 saturated carbocycles. The van der Waals surface area contributed by atoms with E-state index < -0.39 is 35.8 Å². The number of fused-ring (bicyclic) bond motifs is 1. The van der Waals surface area contributed by atoms with E-state index in [0.717, 1.165) is 12.1 Å². The Balaban J connectivity index is 1.59. The summed E-state index contributed by atoms with van der Waals surface area (Å²) in [5.74, 6) is -0.964. The van der Waals surface area contributed by atoms with E-state index in [4.69, 9.17) is 22.1 Å². The second-order valence-electron chi connectivity index (χ2n) is 8.37. The molecule has 208 valence electrons. The van der Waals surface area contributed by atoms with Crippen LogP contribution in [-0.2, 0) is 0 Å². The van der Waals surface area contributed by atoms with Crippen molar-refractivity contribution in [2.45, 2.75) is 18.6 Å². The molecule has 4 rings (SSSR count). The lowest BCUT2D eigenvalue weighted by atomic mass is 10.0. The molecule has 40 heavy (non-hydrogen) atoms. The molecule has 1 aliphatic heterocycles. The average Bonchev–Trinajstić information content (AvgIpc) is 2.87. The van der Waals surface area contributed by atoms with Gasteiger partial charge in [0.05, 0.1) is 22.0 Å². The first kappa shape index (κ1) is 28.7. The third-order valence-corrected chi connectivity index (χ3v) is 5.87. The number of carbonyl (C=O) groups is 1. The molecule has 6 nitrogen and oxygen atoms in total. The van der Waals surface area contributed by atoms with Gasteiger partial charge in [-0.05, 0) is 48.6 Å². The molecule has 0 fully saturated rings. The molecule has 13 heteroatoms. The van der Waals surface area contributed by atoms with Crippen LogP contribution in [-0.4, -0.2) is 35.4 Å². The first-order valence-corrected chi connectivity index (χ1v) is 11.7. The largest absolute Gasteiger partial charge is 0.461 e. The molecule has 1 atom stereocenters. The molecule has 1 amide bonds. The highest BCUT2D eigenvalue weighted by atomic mass is 35.5. The monoisotopic (exact) mass is 581 g/mol. The topological polar surface area (TPSA) is 96.9 Å². The van der Waals surface area contributed by atoms with Gasteiger partial charge < -0.3 is 20.9 Å². The standard InChI is InChI=1S/C27H18ClF6N3O3/c28-19-3-1-2-4-20(19)37-21(13-23(35)27(32,33)34)14-5-7-15(8-6-14)25(39)36-16-9-10-17-18(26(29,30)31)12-24(38)40-22(17)11-16/h1-13,24,38H,35H2,(H,36,39). The van der Waals surface area contributed by atoms with Crippen LogP contribution in [0, 0.1) is 0 Å². The summed E-state index contributed by atoms with van der Waals surface area (Å²) in [5, 5.41) is 12.3. The smallest absolute Gasteiger partial charge is 0.430 e. The zero-order valence-electron chi connectivity index (χ0n) is 20.0. The van der Waals surface area contributed by atoms with Crippen molar-refractivity contribution in [3.63, 3.8) is 0 Å². The number of benzene rings is 3. The molecule has 0 bridgehead atoms. The quantitative estimate of drug-likeness (QED) is 0.229. The molecular weight excluding hydrogens is 564 g/mol. The van der Waals surface area contributed by atoms with Crippen molar-refractivity contribution < 1.29 is 41.0 Å². The van der Waals surface area contributed by atoms with E-state index >= 15 is 0 Å². The number of anilines is 1. The summed E-state index contributed by atoms with van der Waals surface area (Å²) in [7, 11) is 0.